The minimum atomic E-state index is 0.718. The lowest BCUT2D eigenvalue weighted by Gasteiger charge is -2.23. The van der Waals surface area contributed by atoms with Gasteiger partial charge in [-0.05, 0) is 54.7 Å². The second kappa shape index (κ2) is 4.91. The highest BCUT2D eigenvalue weighted by Crippen LogP contribution is 2.14. The summed E-state index contributed by atoms with van der Waals surface area (Å²) < 4.78 is 0. The molecule has 78 valence electrons. The molecule has 0 spiro atoms. The van der Waals surface area contributed by atoms with E-state index in [4.69, 9.17) is 0 Å². The summed E-state index contributed by atoms with van der Waals surface area (Å²) in [4.78, 5) is 0. The molecular formula is C11H18N2S. The van der Waals surface area contributed by atoms with Crippen molar-refractivity contribution in [1.29, 1.82) is 0 Å². The number of nitrogens with one attached hydrogen (secondary N) is 2. The quantitative estimate of drug-likeness (QED) is 0.796. The van der Waals surface area contributed by atoms with Crippen molar-refractivity contribution in [3.8, 4) is 0 Å². The summed E-state index contributed by atoms with van der Waals surface area (Å²) in [5, 5.41) is 11.5. The van der Waals surface area contributed by atoms with Crippen LogP contribution in [0, 0.1) is 6.92 Å². The van der Waals surface area contributed by atoms with Crippen LogP contribution < -0.4 is 10.6 Å². The van der Waals surface area contributed by atoms with E-state index in [1.165, 1.54) is 37.1 Å². The molecule has 1 aromatic heterocycles. The maximum Gasteiger partial charge on any atom is 0.0218 e. The second-order valence-electron chi connectivity index (χ2n) is 3.99. The predicted octanol–water partition coefficient (Wildman–Crippen LogP) is 1.90. The third-order valence-electron chi connectivity index (χ3n) is 2.88. The Morgan fingerprint density at radius 3 is 2.86 bits per heavy atom. The summed E-state index contributed by atoms with van der Waals surface area (Å²) in [6.45, 7) is 5.57. The van der Waals surface area contributed by atoms with Gasteiger partial charge in [-0.2, -0.15) is 11.3 Å². The van der Waals surface area contributed by atoms with E-state index in [2.05, 4.69) is 28.3 Å². The van der Waals surface area contributed by atoms with Gasteiger partial charge in [-0.15, -0.1) is 0 Å². The van der Waals surface area contributed by atoms with Crippen LogP contribution >= 0.6 is 11.3 Å². The van der Waals surface area contributed by atoms with Crippen LogP contribution in [0.25, 0.3) is 0 Å². The molecule has 2 nitrogen and oxygen atoms in total. The largest absolute Gasteiger partial charge is 0.317 e. The Morgan fingerprint density at radius 1 is 1.43 bits per heavy atom. The first-order valence-corrected chi connectivity index (χ1v) is 6.26. The molecule has 2 N–H and O–H groups in total. The summed E-state index contributed by atoms with van der Waals surface area (Å²) in [7, 11) is 0. The first-order valence-electron chi connectivity index (χ1n) is 5.32. The topological polar surface area (TPSA) is 24.1 Å². The van der Waals surface area contributed by atoms with Crippen molar-refractivity contribution in [2.45, 2.75) is 32.4 Å². The van der Waals surface area contributed by atoms with Gasteiger partial charge in [-0.3, -0.25) is 0 Å². The van der Waals surface area contributed by atoms with Crippen molar-refractivity contribution in [1.82, 2.24) is 10.6 Å². The molecule has 0 aliphatic carbocycles. The maximum absolute atomic E-state index is 3.63. The number of rotatable bonds is 3. The van der Waals surface area contributed by atoms with Gasteiger partial charge in [-0.1, -0.05) is 0 Å². The summed E-state index contributed by atoms with van der Waals surface area (Å²) in [5.41, 5.74) is 2.89. The first-order chi connectivity index (χ1) is 6.86. The zero-order valence-electron chi connectivity index (χ0n) is 8.68. The van der Waals surface area contributed by atoms with E-state index in [1.807, 2.05) is 0 Å². The summed E-state index contributed by atoms with van der Waals surface area (Å²) in [5.74, 6) is 0. The zero-order valence-corrected chi connectivity index (χ0v) is 9.49. The maximum atomic E-state index is 3.63. The lowest BCUT2D eigenvalue weighted by Crippen LogP contribution is -2.39. The van der Waals surface area contributed by atoms with E-state index >= 15 is 0 Å². The van der Waals surface area contributed by atoms with Crippen LogP contribution in [0.5, 0.6) is 0 Å². The predicted molar refractivity (Wildman–Crippen MR) is 61.8 cm³/mol. The fourth-order valence-electron chi connectivity index (χ4n) is 1.85. The summed E-state index contributed by atoms with van der Waals surface area (Å²) in [6.07, 6.45) is 2.53. The van der Waals surface area contributed by atoms with Crippen molar-refractivity contribution in [3.05, 3.63) is 21.9 Å². The van der Waals surface area contributed by atoms with E-state index in [-0.39, 0.29) is 0 Å². The molecule has 0 atom stereocenters. The SMILES string of the molecule is Cc1cscc1CNC1CCNCC1. The molecule has 3 heteroatoms. The lowest BCUT2D eigenvalue weighted by molar-refractivity contribution is 0.386. The molecule has 2 heterocycles. The molecule has 0 amide bonds. The van der Waals surface area contributed by atoms with Crippen molar-refractivity contribution in [2.75, 3.05) is 13.1 Å². The lowest BCUT2D eigenvalue weighted by atomic mass is 10.1. The fraction of sp³-hybridized carbons (Fsp3) is 0.636. The molecule has 1 saturated heterocycles. The van der Waals surface area contributed by atoms with Crippen molar-refractivity contribution in [2.24, 2.45) is 0 Å². The number of piperidine rings is 1. The summed E-state index contributed by atoms with van der Waals surface area (Å²) >= 11 is 1.80. The molecule has 2 rings (SSSR count). The molecule has 0 radical (unpaired) electrons. The van der Waals surface area contributed by atoms with Gasteiger partial charge in [0.25, 0.3) is 0 Å². The minimum absolute atomic E-state index is 0.718. The van der Waals surface area contributed by atoms with Gasteiger partial charge in [0.15, 0.2) is 0 Å². The Hall–Kier alpha value is -0.380. The van der Waals surface area contributed by atoms with Crippen LogP contribution in [-0.2, 0) is 6.54 Å². The molecule has 0 unspecified atom stereocenters. The fourth-order valence-corrected chi connectivity index (χ4v) is 2.71. The molecule has 1 aliphatic heterocycles. The van der Waals surface area contributed by atoms with E-state index in [9.17, 15) is 0 Å². The zero-order chi connectivity index (χ0) is 9.80. The van der Waals surface area contributed by atoms with E-state index in [0.717, 1.165) is 12.6 Å². The van der Waals surface area contributed by atoms with Crippen molar-refractivity contribution >= 4 is 11.3 Å². The Labute approximate surface area is 89.7 Å². The van der Waals surface area contributed by atoms with Crippen LogP contribution in [0.1, 0.15) is 24.0 Å². The van der Waals surface area contributed by atoms with E-state index in [1.54, 1.807) is 11.3 Å². The third-order valence-corrected chi connectivity index (χ3v) is 3.79. The third kappa shape index (κ3) is 2.56. The van der Waals surface area contributed by atoms with E-state index < -0.39 is 0 Å². The number of thiophene rings is 1. The molecule has 1 fully saturated rings. The Kier molecular flexibility index (Phi) is 3.56. The Balaban J connectivity index is 1.79. The second-order valence-corrected chi connectivity index (χ2v) is 4.73. The number of hydrogen-bond acceptors (Lipinski definition) is 3. The van der Waals surface area contributed by atoms with Gasteiger partial charge in [0, 0.05) is 12.6 Å². The summed E-state index contributed by atoms with van der Waals surface area (Å²) in [6, 6.07) is 0.718. The van der Waals surface area contributed by atoms with Crippen LogP contribution in [0.15, 0.2) is 10.8 Å². The van der Waals surface area contributed by atoms with Gasteiger partial charge >= 0.3 is 0 Å². The van der Waals surface area contributed by atoms with Gasteiger partial charge in [0.2, 0.25) is 0 Å². The van der Waals surface area contributed by atoms with Gasteiger partial charge in [0.1, 0.15) is 0 Å². The van der Waals surface area contributed by atoms with Crippen molar-refractivity contribution < 1.29 is 0 Å². The minimum Gasteiger partial charge on any atom is -0.317 e. The normalized spacial score (nSPS) is 18.6. The van der Waals surface area contributed by atoms with Gasteiger partial charge in [0.05, 0.1) is 0 Å². The van der Waals surface area contributed by atoms with Gasteiger partial charge in [-0.25, -0.2) is 0 Å². The average Bonchev–Trinajstić information content (AvgIpc) is 2.63. The Bertz CT molecular complexity index is 277. The average molecular weight is 210 g/mol. The van der Waals surface area contributed by atoms with Gasteiger partial charge < -0.3 is 10.6 Å². The number of aryl methyl sites for hydroxylation is 1. The first kappa shape index (κ1) is 10.1. The highest BCUT2D eigenvalue weighted by atomic mass is 32.1. The monoisotopic (exact) mass is 210 g/mol. The van der Waals surface area contributed by atoms with Crippen LogP contribution in [-0.4, -0.2) is 19.1 Å². The molecule has 1 aromatic rings. The van der Waals surface area contributed by atoms with Crippen LogP contribution in [0.4, 0.5) is 0 Å². The molecular weight excluding hydrogens is 192 g/mol. The Morgan fingerprint density at radius 2 is 2.21 bits per heavy atom. The van der Waals surface area contributed by atoms with E-state index in [0.29, 0.717) is 0 Å². The van der Waals surface area contributed by atoms with Crippen LogP contribution in [0.2, 0.25) is 0 Å². The van der Waals surface area contributed by atoms with Crippen molar-refractivity contribution in [3.63, 3.8) is 0 Å². The van der Waals surface area contributed by atoms with Crippen LogP contribution in [0.3, 0.4) is 0 Å². The highest BCUT2D eigenvalue weighted by molar-refractivity contribution is 7.08. The molecule has 1 aliphatic rings. The molecule has 0 saturated carbocycles. The standard InChI is InChI=1S/C11H18N2S/c1-9-7-14-8-10(9)6-13-11-2-4-12-5-3-11/h7-8,11-13H,2-6H2,1H3. The molecule has 14 heavy (non-hydrogen) atoms. The molecule has 0 bridgehead atoms. The highest BCUT2D eigenvalue weighted by Gasteiger charge is 2.12. The number of hydrogen-bond donors (Lipinski definition) is 2. The molecule has 0 aromatic carbocycles. The smallest absolute Gasteiger partial charge is 0.0218 e.